The summed E-state index contributed by atoms with van der Waals surface area (Å²) >= 11 is 0. The van der Waals surface area contributed by atoms with Gasteiger partial charge in [-0.3, -0.25) is 14.9 Å². The van der Waals surface area contributed by atoms with Gasteiger partial charge in [0.2, 0.25) is 0 Å². The molecule has 0 saturated carbocycles. The van der Waals surface area contributed by atoms with E-state index in [1.165, 1.54) is 0 Å². The van der Waals surface area contributed by atoms with Crippen molar-refractivity contribution in [3.8, 4) is 16.9 Å². The van der Waals surface area contributed by atoms with Gasteiger partial charge in [0.15, 0.2) is 5.78 Å². The third-order valence-electron chi connectivity index (χ3n) is 5.70. The summed E-state index contributed by atoms with van der Waals surface area (Å²) < 4.78 is 5.30. The van der Waals surface area contributed by atoms with Crippen LogP contribution in [0.15, 0.2) is 60.8 Å². The summed E-state index contributed by atoms with van der Waals surface area (Å²) in [5, 5.41) is 8.34. The highest BCUT2D eigenvalue weighted by Crippen LogP contribution is 2.27. The van der Waals surface area contributed by atoms with Crippen LogP contribution < -0.4 is 10.5 Å². The normalized spacial score (nSPS) is 12.1. The number of ketones is 1. The number of aromatic amines is 1. The summed E-state index contributed by atoms with van der Waals surface area (Å²) in [6.07, 6.45) is 2.74. The number of hydrogen-bond donors (Lipinski definition) is 2. The molecular weight excluding hydrogens is 388 g/mol. The Morgan fingerprint density at radius 1 is 1.13 bits per heavy atom. The lowest BCUT2D eigenvalue weighted by Gasteiger charge is -2.15. The number of fused-ring (bicyclic) bond motifs is 1. The van der Waals surface area contributed by atoms with Crippen molar-refractivity contribution in [1.82, 2.24) is 15.2 Å². The van der Waals surface area contributed by atoms with Crippen LogP contribution in [0.4, 0.5) is 0 Å². The molecule has 2 heterocycles. The fourth-order valence-corrected chi connectivity index (χ4v) is 3.84. The van der Waals surface area contributed by atoms with E-state index in [-0.39, 0.29) is 11.7 Å². The monoisotopic (exact) mass is 414 g/mol. The molecule has 0 bridgehead atoms. The molecule has 3 N–H and O–H groups in total. The molecule has 158 valence electrons. The van der Waals surface area contributed by atoms with Crippen LogP contribution >= 0.6 is 0 Å². The molecule has 0 aliphatic heterocycles. The molecule has 0 radical (unpaired) electrons. The number of ether oxygens (including phenoxy) is 1. The first kappa shape index (κ1) is 20.8. The zero-order valence-electron chi connectivity index (χ0n) is 17.8. The van der Waals surface area contributed by atoms with E-state index in [4.69, 9.17) is 10.5 Å². The zero-order chi connectivity index (χ0) is 21.8. The van der Waals surface area contributed by atoms with Crippen molar-refractivity contribution in [2.45, 2.75) is 25.7 Å². The maximum absolute atomic E-state index is 12.9. The number of benzene rings is 2. The number of carbonyl (C=O) groups is 1. The Labute approximate surface area is 181 Å². The molecule has 31 heavy (non-hydrogen) atoms. The zero-order valence-corrected chi connectivity index (χ0v) is 17.8. The lowest BCUT2D eigenvalue weighted by Crippen LogP contribution is -2.14. The predicted molar refractivity (Wildman–Crippen MR) is 122 cm³/mol. The quantitative estimate of drug-likeness (QED) is 0.409. The minimum Gasteiger partial charge on any atom is -0.497 e. The van der Waals surface area contributed by atoms with Crippen LogP contribution in [0.25, 0.3) is 22.0 Å². The van der Waals surface area contributed by atoms with Gasteiger partial charge in [0.05, 0.1) is 18.3 Å². The lowest BCUT2D eigenvalue weighted by molar-refractivity contribution is 0.0973. The number of hydrogen-bond acceptors (Lipinski definition) is 5. The van der Waals surface area contributed by atoms with E-state index in [0.29, 0.717) is 25.1 Å². The number of pyridine rings is 1. The van der Waals surface area contributed by atoms with E-state index in [1.807, 2.05) is 55.5 Å². The van der Waals surface area contributed by atoms with E-state index in [9.17, 15) is 4.79 Å². The standard InChI is InChI=1S/C25H26N4O2/c1-16-22-13-18(6-8-23(22)29-28-16)19-10-11-27-24(14-19)25(30)9-7-20(15-26)17-4-3-5-21(12-17)31-2/h3-6,8,10-14,20H,7,9,15,26H2,1-2H3,(H,28,29)/t20-/m1/s1. The minimum absolute atomic E-state index is 0.0174. The molecule has 1 atom stereocenters. The van der Waals surface area contributed by atoms with Crippen molar-refractivity contribution >= 4 is 16.7 Å². The summed E-state index contributed by atoms with van der Waals surface area (Å²) in [6.45, 7) is 2.44. The molecule has 0 aliphatic rings. The Bertz CT molecular complexity index is 1220. The number of H-pyrrole nitrogens is 1. The van der Waals surface area contributed by atoms with E-state index in [0.717, 1.165) is 39.0 Å². The molecular formula is C25H26N4O2. The number of aryl methyl sites for hydroxylation is 1. The summed E-state index contributed by atoms with van der Waals surface area (Å²) in [4.78, 5) is 17.2. The molecule has 0 amide bonds. The minimum atomic E-state index is 0.0174. The molecule has 0 saturated heterocycles. The summed E-state index contributed by atoms with van der Waals surface area (Å²) in [5.74, 6) is 0.902. The topological polar surface area (TPSA) is 93.9 Å². The second kappa shape index (κ2) is 9.10. The summed E-state index contributed by atoms with van der Waals surface area (Å²) in [7, 11) is 1.64. The Kier molecular flexibility index (Phi) is 6.09. The third kappa shape index (κ3) is 4.49. The van der Waals surface area contributed by atoms with Crippen molar-refractivity contribution in [3.63, 3.8) is 0 Å². The van der Waals surface area contributed by atoms with E-state index >= 15 is 0 Å². The van der Waals surface area contributed by atoms with Crippen molar-refractivity contribution < 1.29 is 9.53 Å². The number of nitrogens with zero attached hydrogens (tertiary/aromatic N) is 2. The Morgan fingerprint density at radius 2 is 1.97 bits per heavy atom. The van der Waals surface area contributed by atoms with Gasteiger partial charge in [-0.25, -0.2) is 0 Å². The van der Waals surface area contributed by atoms with Gasteiger partial charge in [0, 0.05) is 18.0 Å². The number of methoxy groups -OCH3 is 1. The Morgan fingerprint density at radius 3 is 2.77 bits per heavy atom. The maximum Gasteiger partial charge on any atom is 0.181 e. The SMILES string of the molecule is COc1cccc([C@@H](CN)CCC(=O)c2cc(-c3ccc4[nH]nc(C)c4c3)ccn2)c1. The molecule has 0 fully saturated rings. The number of aromatic nitrogens is 3. The number of nitrogens with one attached hydrogen (secondary N) is 1. The summed E-state index contributed by atoms with van der Waals surface area (Å²) in [6, 6.07) is 17.8. The van der Waals surface area contributed by atoms with Crippen LogP contribution in [-0.2, 0) is 0 Å². The van der Waals surface area contributed by atoms with Crippen LogP contribution in [0.1, 0.15) is 40.5 Å². The second-order valence-electron chi connectivity index (χ2n) is 7.67. The maximum atomic E-state index is 12.9. The van der Waals surface area contributed by atoms with Crippen LogP contribution in [0.5, 0.6) is 5.75 Å². The molecule has 6 nitrogen and oxygen atoms in total. The first-order valence-corrected chi connectivity index (χ1v) is 10.4. The van der Waals surface area contributed by atoms with Crippen LogP contribution in [-0.4, -0.2) is 34.6 Å². The number of nitrogens with two attached hydrogens (primary N) is 1. The van der Waals surface area contributed by atoms with E-state index < -0.39 is 0 Å². The highest BCUT2D eigenvalue weighted by Gasteiger charge is 2.15. The van der Waals surface area contributed by atoms with Gasteiger partial charge in [-0.1, -0.05) is 18.2 Å². The molecule has 0 spiro atoms. The number of carbonyl (C=O) groups excluding carboxylic acids is 1. The molecule has 2 aromatic heterocycles. The van der Waals surface area contributed by atoms with Crippen molar-refractivity contribution in [1.29, 1.82) is 0 Å². The average molecular weight is 415 g/mol. The van der Waals surface area contributed by atoms with Gasteiger partial charge in [-0.15, -0.1) is 0 Å². The second-order valence-corrected chi connectivity index (χ2v) is 7.67. The van der Waals surface area contributed by atoms with Crippen molar-refractivity contribution in [2.75, 3.05) is 13.7 Å². The number of rotatable bonds is 8. The van der Waals surface area contributed by atoms with Gasteiger partial charge in [-0.2, -0.15) is 5.10 Å². The lowest BCUT2D eigenvalue weighted by atomic mass is 9.92. The van der Waals surface area contributed by atoms with Gasteiger partial charge < -0.3 is 10.5 Å². The first-order chi connectivity index (χ1) is 15.1. The van der Waals surface area contributed by atoms with Crippen LogP contribution in [0.2, 0.25) is 0 Å². The molecule has 2 aromatic carbocycles. The molecule has 4 aromatic rings. The molecule has 6 heteroatoms. The van der Waals surface area contributed by atoms with Crippen LogP contribution in [0, 0.1) is 6.92 Å². The summed E-state index contributed by atoms with van der Waals surface area (Å²) in [5.41, 5.74) is 11.5. The predicted octanol–water partition coefficient (Wildman–Crippen LogP) is 4.65. The number of Topliss-reactive ketones (excluding diaryl/α,β-unsaturated/α-hetero) is 1. The molecule has 0 unspecified atom stereocenters. The van der Waals surface area contributed by atoms with E-state index in [2.05, 4.69) is 21.2 Å². The highest BCUT2D eigenvalue weighted by atomic mass is 16.5. The molecule has 4 rings (SSSR count). The average Bonchev–Trinajstić information content (AvgIpc) is 3.19. The highest BCUT2D eigenvalue weighted by molar-refractivity contribution is 5.95. The van der Waals surface area contributed by atoms with Gasteiger partial charge in [-0.05, 0) is 78.9 Å². The van der Waals surface area contributed by atoms with Gasteiger partial charge >= 0.3 is 0 Å². The first-order valence-electron chi connectivity index (χ1n) is 10.4. The van der Waals surface area contributed by atoms with E-state index in [1.54, 1.807) is 13.3 Å². The fraction of sp³-hybridized carbons (Fsp3) is 0.240. The van der Waals surface area contributed by atoms with Crippen molar-refractivity contribution in [3.05, 3.63) is 77.7 Å². The Hall–Kier alpha value is -3.51. The Balaban J connectivity index is 1.50. The fourth-order valence-electron chi connectivity index (χ4n) is 3.84. The smallest absolute Gasteiger partial charge is 0.181 e. The van der Waals surface area contributed by atoms with Crippen LogP contribution in [0.3, 0.4) is 0 Å². The van der Waals surface area contributed by atoms with Gasteiger partial charge in [0.25, 0.3) is 0 Å². The third-order valence-corrected chi connectivity index (χ3v) is 5.70. The van der Waals surface area contributed by atoms with Crippen molar-refractivity contribution in [2.24, 2.45) is 5.73 Å². The molecule has 0 aliphatic carbocycles. The van der Waals surface area contributed by atoms with Gasteiger partial charge in [0.1, 0.15) is 11.4 Å². The largest absolute Gasteiger partial charge is 0.497 e.